The van der Waals surface area contributed by atoms with Gasteiger partial charge < -0.3 is 0 Å². The van der Waals surface area contributed by atoms with Crippen LogP contribution in [0.4, 0.5) is 0 Å². The molecule has 0 bridgehead atoms. The lowest BCUT2D eigenvalue weighted by Crippen LogP contribution is -2.37. The Labute approximate surface area is 336 Å². The molecule has 0 aliphatic heterocycles. The molecule has 1 atom stereocenters. The van der Waals surface area contributed by atoms with E-state index < -0.39 is 0 Å². The fourth-order valence-electron chi connectivity index (χ4n) is 8.58. The molecule has 2 aromatic carbocycles. The molecule has 0 aliphatic rings. The molecule has 3 aromatic rings. The highest BCUT2D eigenvalue weighted by molar-refractivity contribution is 5.22. The summed E-state index contributed by atoms with van der Waals surface area (Å²) in [5.74, 6) is 2.04. The molecule has 2 heteroatoms. The SMILES string of the molecule is CCCCCCCCCCCCCCCCCC[n+]1cc(CC(C)c2ccccc2)n(CCCCCCCCCCCCCCC)c1Cc1ccccc1. The number of aryl methyl sites for hydroxylation is 1. The minimum Gasteiger partial charge on any atom is -0.234 e. The third-order valence-electron chi connectivity index (χ3n) is 12.1. The Hall–Kier alpha value is -2.35. The first-order valence-electron chi connectivity index (χ1n) is 23.9. The topological polar surface area (TPSA) is 8.81 Å². The van der Waals surface area contributed by atoms with Crippen LogP contribution in [0, 0.1) is 0 Å². The maximum absolute atomic E-state index is 2.76. The number of nitrogens with zero attached hydrogens (tertiary/aromatic N) is 2. The van der Waals surface area contributed by atoms with Crippen molar-refractivity contribution in [3.8, 4) is 0 Å². The maximum Gasteiger partial charge on any atom is 0.261 e. The first-order chi connectivity index (χ1) is 26.7. The Morgan fingerprint density at radius 1 is 0.463 bits per heavy atom. The van der Waals surface area contributed by atoms with Crippen molar-refractivity contribution in [1.29, 1.82) is 0 Å². The summed E-state index contributed by atoms with van der Waals surface area (Å²) in [6, 6.07) is 22.4. The predicted octanol–water partition coefficient (Wildman–Crippen LogP) is 16.1. The minimum atomic E-state index is 0.514. The molecule has 0 N–H and O–H groups in total. The van der Waals surface area contributed by atoms with Crippen LogP contribution in [0.15, 0.2) is 66.9 Å². The molecule has 54 heavy (non-hydrogen) atoms. The van der Waals surface area contributed by atoms with Crippen molar-refractivity contribution >= 4 is 0 Å². The summed E-state index contributed by atoms with van der Waals surface area (Å²) >= 11 is 0. The van der Waals surface area contributed by atoms with Gasteiger partial charge in [-0.05, 0) is 42.7 Å². The highest BCUT2D eigenvalue weighted by atomic mass is 15.2. The molecule has 0 spiro atoms. The van der Waals surface area contributed by atoms with Crippen LogP contribution < -0.4 is 4.57 Å². The van der Waals surface area contributed by atoms with Gasteiger partial charge in [0, 0.05) is 6.42 Å². The Kier molecular flexibility index (Phi) is 27.1. The normalized spacial score (nSPS) is 12.1. The fourth-order valence-corrected chi connectivity index (χ4v) is 8.58. The van der Waals surface area contributed by atoms with Gasteiger partial charge in [-0.25, -0.2) is 9.13 Å². The zero-order chi connectivity index (χ0) is 38.2. The molecule has 1 unspecified atom stereocenters. The van der Waals surface area contributed by atoms with Crippen molar-refractivity contribution in [2.75, 3.05) is 0 Å². The van der Waals surface area contributed by atoms with Gasteiger partial charge in [0.1, 0.15) is 11.9 Å². The van der Waals surface area contributed by atoms with Crippen LogP contribution in [0.1, 0.15) is 236 Å². The van der Waals surface area contributed by atoms with E-state index in [2.05, 4.69) is 96.8 Å². The predicted molar refractivity (Wildman–Crippen MR) is 238 cm³/mol. The third kappa shape index (κ3) is 21.1. The molecule has 0 saturated heterocycles. The largest absolute Gasteiger partial charge is 0.261 e. The zero-order valence-electron chi connectivity index (χ0n) is 36.2. The van der Waals surface area contributed by atoms with Crippen molar-refractivity contribution in [3.63, 3.8) is 0 Å². The van der Waals surface area contributed by atoms with Crippen LogP contribution in [0.5, 0.6) is 0 Å². The summed E-state index contributed by atoms with van der Waals surface area (Å²) in [6.45, 7) is 9.36. The molecule has 1 aromatic heterocycles. The second kappa shape index (κ2) is 31.8. The summed E-state index contributed by atoms with van der Waals surface area (Å²) in [7, 11) is 0. The van der Waals surface area contributed by atoms with Crippen LogP contribution in [-0.4, -0.2) is 4.57 Å². The van der Waals surface area contributed by atoms with Crippen molar-refractivity contribution in [2.24, 2.45) is 0 Å². The lowest BCUT2D eigenvalue weighted by atomic mass is 9.96. The number of benzene rings is 2. The third-order valence-corrected chi connectivity index (χ3v) is 12.1. The van der Waals surface area contributed by atoms with E-state index in [1.807, 2.05) is 0 Å². The first kappa shape index (κ1) is 46.0. The monoisotopic (exact) mass is 740 g/mol. The number of imidazole rings is 1. The van der Waals surface area contributed by atoms with E-state index in [4.69, 9.17) is 0 Å². The lowest BCUT2D eigenvalue weighted by Gasteiger charge is -2.12. The first-order valence-corrected chi connectivity index (χ1v) is 23.9. The van der Waals surface area contributed by atoms with E-state index in [1.165, 1.54) is 209 Å². The van der Waals surface area contributed by atoms with Gasteiger partial charge in [0.05, 0.1) is 19.5 Å². The summed E-state index contributed by atoms with van der Waals surface area (Å²) in [4.78, 5) is 0. The molecule has 0 aliphatic carbocycles. The average molecular weight is 740 g/mol. The van der Waals surface area contributed by atoms with Crippen LogP contribution in [0.25, 0.3) is 0 Å². The van der Waals surface area contributed by atoms with E-state index in [-0.39, 0.29) is 0 Å². The second-order valence-electron chi connectivity index (χ2n) is 17.1. The van der Waals surface area contributed by atoms with E-state index in [9.17, 15) is 0 Å². The van der Waals surface area contributed by atoms with Crippen LogP contribution >= 0.6 is 0 Å². The van der Waals surface area contributed by atoms with Gasteiger partial charge in [0.15, 0.2) is 0 Å². The van der Waals surface area contributed by atoms with E-state index in [0.29, 0.717) is 5.92 Å². The van der Waals surface area contributed by atoms with E-state index in [0.717, 1.165) is 25.9 Å². The molecule has 3 rings (SSSR count). The number of unbranched alkanes of at least 4 members (excludes halogenated alkanes) is 27. The van der Waals surface area contributed by atoms with Gasteiger partial charge in [-0.15, -0.1) is 0 Å². The molecule has 0 saturated carbocycles. The summed E-state index contributed by atoms with van der Waals surface area (Å²) in [6.07, 6.45) is 45.8. The molecule has 0 radical (unpaired) electrons. The molecule has 1 heterocycles. The van der Waals surface area contributed by atoms with Gasteiger partial charge >= 0.3 is 0 Å². The minimum absolute atomic E-state index is 0.514. The van der Waals surface area contributed by atoms with Gasteiger partial charge in [0.25, 0.3) is 5.82 Å². The number of hydrogen-bond acceptors (Lipinski definition) is 0. The Morgan fingerprint density at radius 3 is 1.30 bits per heavy atom. The molecule has 304 valence electrons. The van der Waals surface area contributed by atoms with Crippen molar-refractivity contribution in [1.82, 2.24) is 4.57 Å². The second-order valence-corrected chi connectivity index (χ2v) is 17.1. The maximum atomic E-state index is 2.76. The highest BCUT2D eigenvalue weighted by Crippen LogP contribution is 2.23. The van der Waals surface area contributed by atoms with Crippen molar-refractivity contribution < 1.29 is 4.57 Å². The quantitative estimate of drug-likeness (QED) is 0.0415. The molecule has 0 fully saturated rings. The van der Waals surface area contributed by atoms with Gasteiger partial charge in [-0.2, -0.15) is 0 Å². The number of rotatable bonds is 36. The zero-order valence-corrected chi connectivity index (χ0v) is 36.2. The number of hydrogen-bond donors (Lipinski definition) is 0. The van der Waals surface area contributed by atoms with Crippen molar-refractivity contribution in [2.45, 2.75) is 239 Å². The smallest absolute Gasteiger partial charge is 0.234 e. The molecular formula is C52H87N2+. The highest BCUT2D eigenvalue weighted by Gasteiger charge is 2.25. The Morgan fingerprint density at radius 2 is 0.852 bits per heavy atom. The summed E-state index contributed by atoms with van der Waals surface area (Å²) in [5.41, 5.74) is 4.43. The Bertz CT molecular complexity index is 1240. The van der Waals surface area contributed by atoms with E-state index >= 15 is 0 Å². The molecule has 2 nitrogen and oxygen atoms in total. The fraction of sp³-hybridized carbons (Fsp3) is 0.712. The van der Waals surface area contributed by atoms with Gasteiger partial charge in [-0.1, -0.05) is 242 Å². The number of aromatic nitrogens is 2. The van der Waals surface area contributed by atoms with Crippen molar-refractivity contribution in [3.05, 3.63) is 89.5 Å². The summed E-state index contributed by atoms with van der Waals surface area (Å²) < 4.78 is 5.43. The summed E-state index contributed by atoms with van der Waals surface area (Å²) in [5, 5.41) is 0. The standard InChI is InChI=1S/C52H87N2/c1-4-6-8-10-12-14-16-18-19-20-22-23-25-27-29-37-43-53-47-51(45-48(3)50-41-35-32-36-42-50)54(52(53)46-49-39-33-31-34-40-49)44-38-30-28-26-24-21-17-15-13-11-9-7-5-2/h31-36,39-42,47-48H,4-30,37-38,43-46H2,1-3H3/q+1. The molecular weight excluding hydrogens is 653 g/mol. The average Bonchev–Trinajstić information content (AvgIpc) is 3.51. The van der Waals surface area contributed by atoms with Crippen LogP contribution in [0.2, 0.25) is 0 Å². The lowest BCUT2D eigenvalue weighted by molar-refractivity contribution is -0.704. The Balaban J connectivity index is 1.48. The van der Waals surface area contributed by atoms with Crippen LogP contribution in [-0.2, 0) is 25.9 Å². The van der Waals surface area contributed by atoms with Gasteiger partial charge in [0.2, 0.25) is 0 Å². The van der Waals surface area contributed by atoms with E-state index in [1.54, 1.807) is 0 Å². The van der Waals surface area contributed by atoms with Crippen LogP contribution in [0.3, 0.4) is 0 Å². The van der Waals surface area contributed by atoms with Gasteiger partial charge in [-0.3, -0.25) is 0 Å². The molecule has 0 amide bonds.